The quantitative estimate of drug-likeness (QED) is 0.538. The molecule has 1 saturated heterocycles. The van der Waals surface area contributed by atoms with Gasteiger partial charge < -0.3 is 19.3 Å². The number of ether oxygens (including phenoxy) is 1. The number of carbonyl (C=O) groups is 2. The highest BCUT2D eigenvalue weighted by Gasteiger charge is 2.67. The maximum absolute atomic E-state index is 13.5. The molecule has 0 unspecified atom stereocenters. The Balaban J connectivity index is 1.34. The Morgan fingerprint density at radius 1 is 1.14 bits per heavy atom. The summed E-state index contributed by atoms with van der Waals surface area (Å²) in [5.74, 6) is 1.63. The first-order valence-electron chi connectivity index (χ1n) is 12.5. The van der Waals surface area contributed by atoms with Crippen LogP contribution in [0.25, 0.3) is 0 Å². The molecule has 0 N–H and O–H groups in total. The van der Waals surface area contributed by atoms with E-state index in [1.54, 1.807) is 18.2 Å². The van der Waals surface area contributed by atoms with Crippen LogP contribution in [-0.4, -0.2) is 47.3 Å². The van der Waals surface area contributed by atoms with E-state index in [-0.39, 0.29) is 34.8 Å². The Morgan fingerprint density at radius 2 is 1.83 bits per heavy atom. The number of amides is 1. The molecule has 1 amide bonds. The molecule has 3 aliphatic rings. The van der Waals surface area contributed by atoms with Crippen LogP contribution in [0.3, 0.4) is 0 Å². The summed E-state index contributed by atoms with van der Waals surface area (Å²) in [7, 11) is 0. The number of anilines is 1. The molecule has 188 valence electrons. The number of nitriles is 1. The van der Waals surface area contributed by atoms with Gasteiger partial charge in [-0.2, -0.15) is 5.26 Å². The van der Waals surface area contributed by atoms with Crippen molar-refractivity contribution in [3.8, 4) is 11.8 Å². The Kier molecular flexibility index (Phi) is 5.99. The van der Waals surface area contributed by atoms with E-state index in [0.717, 1.165) is 43.7 Å². The molecule has 5 rings (SSSR count). The topological polar surface area (TPSA) is 86.5 Å². The second-order valence-corrected chi connectivity index (χ2v) is 11.8. The van der Waals surface area contributed by atoms with E-state index in [1.165, 1.54) is 0 Å². The number of aromatic nitrogens is 1. The Labute approximate surface area is 217 Å². The van der Waals surface area contributed by atoms with Crippen molar-refractivity contribution in [3.05, 3.63) is 52.2 Å². The van der Waals surface area contributed by atoms with Gasteiger partial charge in [-0.25, -0.2) is 4.98 Å². The van der Waals surface area contributed by atoms with Crippen molar-refractivity contribution in [2.24, 2.45) is 16.7 Å². The van der Waals surface area contributed by atoms with Gasteiger partial charge in [0.1, 0.15) is 30.0 Å². The minimum Gasteiger partial charge on any atom is -0.489 e. The predicted octanol–water partition coefficient (Wildman–Crippen LogP) is 4.86. The smallest absolute Gasteiger partial charge is 0.256 e. The lowest BCUT2D eigenvalue weighted by atomic mass is 9.49. The number of aldehydes is 1. The Hall–Kier alpha value is -3.11. The minimum absolute atomic E-state index is 0.00901. The van der Waals surface area contributed by atoms with Crippen molar-refractivity contribution >= 4 is 29.6 Å². The second-order valence-electron chi connectivity index (χ2n) is 11.4. The molecule has 1 aromatic heterocycles. The number of piperidine rings is 1. The fourth-order valence-electron chi connectivity index (χ4n) is 6.85. The fraction of sp³-hybridized carbons (Fsp3) is 0.500. The van der Waals surface area contributed by atoms with Crippen LogP contribution in [0.2, 0.25) is 5.02 Å². The zero-order valence-electron chi connectivity index (χ0n) is 21.1. The summed E-state index contributed by atoms with van der Waals surface area (Å²) < 4.78 is 6.40. The maximum atomic E-state index is 13.5. The van der Waals surface area contributed by atoms with E-state index < -0.39 is 0 Å². The molecule has 8 heteroatoms. The number of carbonyl (C=O) groups excluding carboxylic acids is 2. The number of pyridine rings is 1. The molecule has 1 saturated carbocycles. The highest BCUT2D eigenvalue weighted by Crippen LogP contribution is 2.59. The number of fused-ring (bicyclic) bond motifs is 1. The van der Waals surface area contributed by atoms with Crippen LogP contribution in [0.1, 0.15) is 62.2 Å². The Morgan fingerprint density at radius 3 is 2.44 bits per heavy atom. The lowest BCUT2D eigenvalue weighted by Crippen LogP contribution is -2.74. The molecule has 2 aromatic rings. The van der Waals surface area contributed by atoms with Gasteiger partial charge in [-0.05, 0) is 37.1 Å². The largest absolute Gasteiger partial charge is 0.489 e. The van der Waals surface area contributed by atoms with E-state index >= 15 is 0 Å². The zero-order chi connectivity index (χ0) is 25.8. The van der Waals surface area contributed by atoms with Gasteiger partial charge in [0.25, 0.3) is 5.91 Å². The molecule has 1 aromatic carbocycles. The molecule has 0 spiro atoms. The van der Waals surface area contributed by atoms with Crippen LogP contribution >= 0.6 is 11.6 Å². The standard InChI is InChI=1S/C28H31ClN4O3/c1-27(2)25(28(3,4)26(27)36-19-6-5-18(14-30)21(29)13-19)33-15-22-20(24(33)35)7-8-23(31-22)32-11-9-17(16-34)10-12-32/h5-8,13,16-17,25-26H,9-12,15H2,1-4H3/t25-,26-. The molecule has 1 aliphatic carbocycles. The van der Waals surface area contributed by atoms with Crippen molar-refractivity contribution in [3.63, 3.8) is 0 Å². The van der Waals surface area contributed by atoms with Gasteiger partial charge in [0, 0.05) is 41.9 Å². The maximum Gasteiger partial charge on any atom is 0.256 e. The number of halogens is 1. The first kappa shape index (κ1) is 24.6. The predicted molar refractivity (Wildman–Crippen MR) is 137 cm³/mol. The minimum atomic E-state index is -0.318. The number of benzene rings is 1. The number of rotatable bonds is 5. The lowest BCUT2D eigenvalue weighted by molar-refractivity contribution is -0.199. The van der Waals surface area contributed by atoms with Gasteiger partial charge in [-0.15, -0.1) is 0 Å². The van der Waals surface area contributed by atoms with E-state index in [4.69, 9.17) is 26.6 Å². The molecule has 36 heavy (non-hydrogen) atoms. The summed E-state index contributed by atoms with van der Waals surface area (Å²) in [4.78, 5) is 33.6. The summed E-state index contributed by atoms with van der Waals surface area (Å²) in [6, 6.07) is 11.0. The van der Waals surface area contributed by atoms with Crippen molar-refractivity contribution < 1.29 is 14.3 Å². The molecular weight excluding hydrogens is 476 g/mol. The first-order chi connectivity index (χ1) is 17.1. The van der Waals surface area contributed by atoms with Crippen molar-refractivity contribution in [2.45, 2.75) is 59.2 Å². The number of hydrogen-bond donors (Lipinski definition) is 0. The SMILES string of the molecule is CC1(C)[C@H](Oc2ccc(C#N)c(Cl)c2)C(C)(C)[C@H]1N1Cc2nc(N3CCC(C=O)CC3)ccc2C1=O. The molecule has 2 fully saturated rings. The van der Waals surface area contributed by atoms with Crippen LogP contribution in [-0.2, 0) is 11.3 Å². The third-order valence-corrected chi connectivity index (χ3v) is 8.53. The van der Waals surface area contributed by atoms with Crippen LogP contribution in [0.5, 0.6) is 5.75 Å². The number of nitrogens with zero attached hydrogens (tertiary/aromatic N) is 4. The van der Waals surface area contributed by atoms with Crippen molar-refractivity contribution in [1.82, 2.24) is 9.88 Å². The van der Waals surface area contributed by atoms with Gasteiger partial charge in [0.15, 0.2) is 0 Å². The third kappa shape index (κ3) is 3.83. The van der Waals surface area contributed by atoms with Gasteiger partial charge in [0.05, 0.1) is 28.4 Å². The molecule has 3 heterocycles. The van der Waals surface area contributed by atoms with Gasteiger partial charge in [-0.3, -0.25) is 4.79 Å². The van der Waals surface area contributed by atoms with E-state index in [0.29, 0.717) is 28.4 Å². The summed E-state index contributed by atoms with van der Waals surface area (Å²) in [6.07, 6.45) is 2.57. The normalized spacial score (nSPS) is 24.6. The van der Waals surface area contributed by atoms with Crippen LogP contribution in [0.15, 0.2) is 30.3 Å². The summed E-state index contributed by atoms with van der Waals surface area (Å²) in [5, 5.41) is 9.51. The third-order valence-electron chi connectivity index (χ3n) is 8.21. The van der Waals surface area contributed by atoms with E-state index in [9.17, 15) is 9.59 Å². The second kappa shape index (κ2) is 8.77. The van der Waals surface area contributed by atoms with Gasteiger partial charge in [0.2, 0.25) is 0 Å². The van der Waals surface area contributed by atoms with Gasteiger partial charge >= 0.3 is 0 Å². The molecular formula is C28H31ClN4O3. The summed E-state index contributed by atoms with van der Waals surface area (Å²) in [5.41, 5.74) is 1.25. The van der Waals surface area contributed by atoms with Crippen LogP contribution < -0.4 is 9.64 Å². The Bertz CT molecular complexity index is 1240. The zero-order valence-corrected chi connectivity index (χ0v) is 21.9. The molecule has 2 aliphatic heterocycles. The highest BCUT2D eigenvalue weighted by molar-refractivity contribution is 6.31. The molecule has 7 nitrogen and oxygen atoms in total. The molecule has 0 bridgehead atoms. The highest BCUT2D eigenvalue weighted by atomic mass is 35.5. The molecule has 0 atom stereocenters. The van der Waals surface area contributed by atoms with Crippen molar-refractivity contribution in [2.75, 3.05) is 18.0 Å². The number of hydrogen-bond acceptors (Lipinski definition) is 6. The summed E-state index contributed by atoms with van der Waals surface area (Å²) >= 11 is 6.22. The molecule has 0 radical (unpaired) electrons. The van der Waals surface area contributed by atoms with Gasteiger partial charge in [-0.1, -0.05) is 39.3 Å². The fourth-order valence-corrected chi connectivity index (χ4v) is 7.07. The average Bonchev–Trinajstić information content (AvgIpc) is 3.16. The first-order valence-corrected chi connectivity index (χ1v) is 12.8. The van der Waals surface area contributed by atoms with E-state index in [2.05, 4.69) is 38.7 Å². The summed E-state index contributed by atoms with van der Waals surface area (Å²) in [6.45, 7) is 10.6. The van der Waals surface area contributed by atoms with Crippen molar-refractivity contribution in [1.29, 1.82) is 5.26 Å². The van der Waals surface area contributed by atoms with Crippen LogP contribution in [0, 0.1) is 28.1 Å². The van der Waals surface area contributed by atoms with E-state index in [1.807, 2.05) is 17.0 Å². The van der Waals surface area contributed by atoms with Crippen LogP contribution in [0.4, 0.5) is 5.82 Å². The lowest BCUT2D eigenvalue weighted by Gasteiger charge is -2.65. The average molecular weight is 507 g/mol. The monoisotopic (exact) mass is 506 g/mol.